The van der Waals surface area contributed by atoms with Gasteiger partial charge < -0.3 is 14.2 Å². The lowest BCUT2D eigenvalue weighted by Crippen LogP contribution is -2.35. The van der Waals surface area contributed by atoms with Crippen LogP contribution >= 0.6 is 27.5 Å². The third-order valence-electron chi connectivity index (χ3n) is 5.17. The molecule has 36 heavy (non-hydrogen) atoms. The van der Waals surface area contributed by atoms with Crippen LogP contribution in [0.2, 0.25) is 5.02 Å². The maximum Gasteiger partial charge on any atom is 0.282 e. The van der Waals surface area contributed by atoms with Crippen LogP contribution in [0.1, 0.15) is 18.9 Å². The van der Waals surface area contributed by atoms with Gasteiger partial charge in [0.1, 0.15) is 11.3 Å². The van der Waals surface area contributed by atoms with Gasteiger partial charge in [-0.2, -0.15) is 0 Å². The molecular formula is C27H24BrClN2O5. The van der Waals surface area contributed by atoms with E-state index in [0.29, 0.717) is 58.5 Å². The zero-order valence-corrected chi connectivity index (χ0v) is 21.8. The van der Waals surface area contributed by atoms with Gasteiger partial charge in [-0.3, -0.25) is 15.0 Å². The predicted octanol–water partition coefficient (Wildman–Crippen LogP) is 5.81. The number of anilines is 1. The molecule has 0 unspecified atom stereocenters. The van der Waals surface area contributed by atoms with Crippen molar-refractivity contribution in [2.45, 2.75) is 13.3 Å². The van der Waals surface area contributed by atoms with Gasteiger partial charge in [-0.25, -0.2) is 5.01 Å². The number of nitrogens with one attached hydrogen (secondary N) is 1. The minimum atomic E-state index is -0.473. The number of para-hydroxylation sites is 1. The van der Waals surface area contributed by atoms with Gasteiger partial charge in [0.05, 0.1) is 30.0 Å². The van der Waals surface area contributed by atoms with E-state index in [1.807, 2.05) is 25.1 Å². The highest BCUT2D eigenvalue weighted by atomic mass is 79.9. The third-order valence-corrected chi connectivity index (χ3v) is 6.01. The van der Waals surface area contributed by atoms with Gasteiger partial charge in [0.2, 0.25) is 0 Å². The summed E-state index contributed by atoms with van der Waals surface area (Å²) in [6.07, 6.45) is 2.19. The van der Waals surface area contributed by atoms with E-state index < -0.39 is 11.8 Å². The molecule has 1 aliphatic rings. The van der Waals surface area contributed by atoms with Crippen molar-refractivity contribution in [1.29, 1.82) is 0 Å². The highest BCUT2D eigenvalue weighted by molar-refractivity contribution is 9.10. The number of ether oxygens (including phenoxy) is 3. The van der Waals surface area contributed by atoms with Gasteiger partial charge in [-0.15, -0.1) is 0 Å². The number of hydrogen-bond acceptors (Lipinski definition) is 5. The van der Waals surface area contributed by atoms with Crippen LogP contribution in [0.15, 0.2) is 76.8 Å². The summed E-state index contributed by atoms with van der Waals surface area (Å²) in [6.45, 7) is 3.17. The molecule has 3 aromatic rings. The summed E-state index contributed by atoms with van der Waals surface area (Å²) >= 11 is 9.42. The molecule has 3 aromatic carbocycles. The fourth-order valence-electron chi connectivity index (χ4n) is 3.51. The van der Waals surface area contributed by atoms with E-state index in [0.717, 1.165) is 5.75 Å². The smallest absolute Gasteiger partial charge is 0.282 e. The number of hydrogen-bond donors (Lipinski definition) is 1. The summed E-state index contributed by atoms with van der Waals surface area (Å²) in [5.74, 6) is 0.881. The van der Waals surface area contributed by atoms with Crippen LogP contribution in [0.5, 0.6) is 17.2 Å². The standard InChI is InChI=1S/C27H24BrClN2O5/c1-2-34-24-17-18(15-22-26(32)30-31(27(22)33)20-7-4-3-5-8-20)16-23(28)25(24)36-14-6-13-35-21-11-9-19(29)10-12-21/h3-5,7-12,15-17H,2,6,13-14H2,1H3,(H,30,32)/b22-15+. The molecule has 0 aromatic heterocycles. The lowest BCUT2D eigenvalue weighted by Gasteiger charge is -2.15. The second-order valence-electron chi connectivity index (χ2n) is 7.74. The van der Waals surface area contributed by atoms with Gasteiger partial charge in [0.25, 0.3) is 11.8 Å². The minimum absolute atomic E-state index is 0.0289. The lowest BCUT2D eigenvalue weighted by molar-refractivity contribution is -0.117. The van der Waals surface area contributed by atoms with Gasteiger partial charge in [-0.1, -0.05) is 29.8 Å². The van der Waals surface area contributed by atoms with Crippen molar-refractivity contribution < 1.29 is 23.8 Å². The largest absolute Gasteiger partial charge is 0.493 e. The van der Waals surface area contributed by atoms with Gasteiger partial charge in [-0.05, 0) is 83.0 Å². The molecule has 9 heteroatoms. The molecule has 0 aliphatic carbocycles. The zero-order valence-electron chi connectivity index (χ0n) is 19.5. The fraction of sp³-hybridized carbons (Fsp3) is 0.185. The Balaban J connectivity index is 1.44. The average molecular weight is 572 g/mol. The Morgan fingerprint density at radius 1 is 0.972 bits per heavy atom. The Morgan fingerprint density at radius 3 is 2.42 bits per heavy atom. The van der Waals surface area contributed by atoms with Crippen LogP contribution in [-0.2, 0) is 9.59 Å². The second kappa shape index (κ2) is 12.0. The maximum absolute atomic E-state index is 12.9. The van der Waals surface area contributed by atoms with Crippen LogP contribution in [0.4, 0.5) is 5.69 Å². The van der Waals surface area contributed by atoms with Crippen molar-refractivity contribution in [1.82, 2.24) is 5.43 Å². The molecule has 1 N–H and O–H groups in total. The highest BCUT2D eigenvalue weighted by Gasteiger charge is 2.34. The van der Waals surface area contributed by atoms with Crippen LogP contribution in [0, 0.1) is 0 Å². The number of hydrazine groups is 1. The van der Waals surface area contributed by atoms with Crippen LogP contribution in [0.25, 0.3) is 6.08 Å². The van der Waals surface area contributed by atoms with Gasteiger partial charge in [0.15, 0.2) is 11.5 Å². The van der Waals surface area contributed by atoms with E-state index in [-0.39, 0.29) is 5.57 Å². The summed E-state index contributed by atoms with van der Waals surface area (Å²) in [5, 5.41) is 1.89. The van der Waals surface area contributed by atoms with Gasteiger partial charge in [0, 0.05) is 11.4 Å². The first-order valence-corrected chi connectivity index (χ1v) is 12.5. The Kier molecular flexibility index (Phi) is 8.51. The predicted molar refractivity (Wildman–Crippen MR) is 142 cm³/mol. The van der Waals surface area contributed by atoms with E-state index >= 15 is 0 Å². The molecule has 0 atom stereocenters. The molecule has 2 amide bonds. The summed E-state index contributed by atoms with van der Waals surface area (Å²) in [7, 11) is 0. The zero-order chi connectivity index (χ0) is 25.5. The Labute approximate surface area is 222 Å². The number of halogens is 2. The number of carbonyl (C=O) groups is 2. The van der Waals surface area contributed by atoms with Crippen LogP contribution < -0.4 is 24.6 Å². The van der Waals surface area contributed by atoms with Crippen LogP contribution in [0.3, 0.4) is 0 Å². The van der Waals surface area contributed by atoms with E-state index in [1.165, 1.54) is 11.1 Å². The molecule has 1 saturated heterocycles. The van der Waals surface area contributed by atoms with E-state index in [9.17, 15) is 9.59 Å². The van der Waals surface area contributed by atoms with E-state index in [2.05, 4.69) is 21.4 Å². The summed E-state index contributed by atoms with van der Waals surface area (Å²) in [6, 6.07) is 19.6. The first kappa shape index (κ1) is 25.6. The number of amides is 2. The molecular weight excluding hydrogens is 548 g/mol. The molecule has 186 valence electrons. The summed E-state index contributed by atoms with van der Waals surface area (Å²) in [5.41, 5.74) is 3.83. The van der Waals surface area contributed by atoms with E-state index in [1.54, 1.807) is 48.5 Å². The second-order valence-corrected chi connectivity index (χ2v) is 9.03. The Bertz CT molecular complexity index is 1270. The molecule has 4 rings (SSSR count). The van der Waals surface area contributed by atoms with Crippen molar-refractivity contribution in [3.05, 3.63) is 87.4 Å². The average Bonchev–Trinajstić information content (AvgIpc) is 3.15. The molecule has 0 bridgehead atoms. The fourth-order valence-corrected chi connectivity index (χ4v) is 4.21. The molecule has 0 spiro atoms. The van der Waals surface area contributed by atoms with Crippen molar-refractivity contribution in [3.63, 3.8) is 0 Å². The van der Waals surface area contributed by atoms with Crippen molar-refractivity contribution in [3.8, 4) is 17.2 Å². The summed E-state index contributed by atoms with van der Waals surface area (Å²) in [4.78, 5) is 25.4. The Morgan fingerprint density at radius 2 is 1.69 bits per heavy atom. The normalized spacial score (nSPS) is 14.2. The van der Waals surface area contributed by atoms with Crippen molar-refractivity contribution in [2.75, 3.05) is 24.8 Å². The molecule has 1 aliphatic heterocycles. The van der Waals surface area contributed by atoms with Gasteiger partial charge >= 0.3 is 0 Å². The molecule has 7 nitrogen and oxygen atoms in total. The SMILES string of the molecule is CCOc1cc(/C=C2\C(=O)NN(c3ccccc3)C2=O)cc(Br)c1OCCCOc1ccc(Cl)cc1. The number of carbonyl (C=O) groups excluding carboxylic acids is 2. The summed E-state index contributed by atoms with van der Waals surface area (Å²) < 4.78 is 18.1. The van der Waals surface area contributed by atoms with Crippen molar-refractivity contribution >= 4 is 51.1 Å². The number of benzene rings is 3. The van der Waals surface area contributed by atoms with Crippen LogP contribution in [-0.4, -0.2) is 31.6 Å². The first-order chi connectivity index (χ1) is 17.5. The molecule has 0 saturated carbocycles. The third kappa shape index (κ3) is 6.19. The topological polar surface area (TPSA) is 77.1 Å². The lowest BCUT2D eigenvalue weighted by atomic mass is 10.1. The molecule has 1 heterocycles. The van der Waals surface area contributed by atoms with E-state index in [4.69, 9.17) is 25.8 Å². The first-order valence-electron chi connectivity index (χ1n) is 11.4. The number of rotatable bonds is 10. The quantitative estimate of drug-likeness (QED) is 0.189. The monoisotopic (exact) mass is 570 g/mol. The highest BCUT2D eigenvalue weighted by Crippen LogP contribution is 2.38. The maximum atomic E-state index is 12.9. The molecule has 1 fully saturated rings. The molecule has 0 radical (unpaired) electrons. The number of nitrogens with zero attached hydrogens (tertiary/aromatic N) is 1. The van der Waals surface area contributed by atoms with Crippen molar-refractivity contribution in [2.24, 2.45) is 0 Å². The minimum Gasteiger partial charge on any atom is -0.493 e. The Hall–Kier alpha value is -3.49.